The zero-order valence-corrected chi connectivity index (χ0v) is 23.3. The molecule has 0 radical (unpaired) electrons. The van der Waals surface area contributed by atoms with E-state index in [9.17, 15) is 14.4 Å². The summed E-state index contributed by atoms with van der Waals surface area (Å²) in [6, 6.07) is 6.40. The first-order valence-electron chi connectivity index (χ1n) is 14.7. The largest absolute Gasteiger partial charge is 0.489 e. The van der Waals surface area contributed by atoms with E-state index >= 15 is 0 Å². The number of nitrogens with one attached hydrogen (secondary N) is 3. The molecule has 1 aliphatic heterocycles. The lowest BCUT2D eigenvalue weighted by molar-refractivity contribution is -0.141. The molecule has 1 aromatic rings. The number of fused-ring (bicyclic) bond motifs is 1. The fourth-order valence-corrected chi connectivity index (χ4v) is 5.74. The molecule has 8 heteroatoms. The molecule has 0 spiro atoms. The minimum atomic E-state index is -0.674. The Morgan fingerprint density at radius 1 is 0.947 bits per heavy atom. The fourth-order valence-electron chi connectivity index (χ4n) is 5.74. The van der Waals surface area contributed by atoms with Crippen LogP contribution in [0.2, 0.25) is 0 Å². The molecule has 38 heavy (non-hydrogen) atoms. The lowest BCUT2D eigenvalue weighted by Gasteiger charge is -2.32. The molecule has 210 valence electrons. The maximum atomic E-state index is 13.5. The van der Waals surface area contributed by atoms with Crippen LogP contribution in [0.3, 0.4) is 0 Å². The van der Waals surface area contributed by atoms with Crippen molar-refractivity contribution in [1.82, 2.24) is 20.9 Å². The minimum Gasteiger partial charge on any atom is -0.489 e. The van der Waals surface area contributed by atoms with Gasteiger partial charge >= 0.3 is 0 Å². The highest BCUT2D eigenvalue weighted by atomic mass is 16.5. The molecular formula is C30H46N4O4. The van der Waals surface area contributed by atoms with Gasteiger partial charge in [0.1, 0.15) is 23.9 Å². The van der Waals surface area contributed by atoms with Crippen molar-refractivity contribution in [3.8, 4) is 5.75 Å². The molecule has 3 amide bonds. The number of nitrogens with zero attached hydrogens (tertiary/aromatic N) is 1. The van der Waals surface area contributed by atoms with E-state index in [2.05, 4.69) is 22.0 Å². The summed E-state index contributed by atoms with van der Waals surface area (Å²) in [7, 11) is 1.69. The van der Waals surface area contributed by atoms with Crippen molar-refractivity contribution in [1.29, 1.82) is 0 Å². The van der Waals surface area contributed by atoms with Crippen molar-refractivity contribution >= 4 is 17.7 Å². The average molecular weight is 527 g/mol. The van der Waals surface area contributed by atoms with Crippen LogP contribution in [0.15, 0.2) is 24.3 Å². The van der Waals surface area contributed by atoms with Gasteiger partial charge in [0, 0.05) is 20.1 Å². The second-order valence-electron chi connectivity index (χ2n) is 11.6. The number of carbonyl (C=O) groups is 3. The van der Waals surface area contributed by atoms with Crippen LogP contribution in [0, 0.1) is 11.8 Å². The topological polar surface area (TPSA) is 99.8 Å². The van der Waals surface area contributed by atoms with Gasteiger partial charge in [-0.15, -0.1) is 0 Å². The highest BCUT2D eigenvalue weighted by molar-refractivity contribution is 5.93. The van der Waals surface area contributed by atoms with Crippen LogP contribution in [-0.4, -0.2) is 67.0 Å². The molecule has 3 aliphatic rings. The van der Waals surface area contributed by atoms with E-state index in [1.165, 1.54) is 24.2 Å². The summed E-state index contributed by atoms with van der Waals surface area (Å²) in [5.41, 5.74) is 1.10. The molecule has 4 rings (SSSR count). The van der Waals surface area contributed by atoms with Gasteiger partial charge in [0.05, 0.1) is 6.04 Å². The number of benzene rings is 1. The number of rotatable bonds is 3. The summed E-state index contributed by atoms with van der Waals surface area (Å²) in [6.45, 7) is 4.81. The maximum absolute atomic E-state index is 13.5. The number of likely N-dealkylation sites (N-methyl/N-ethyl adjacent to an activating group) is 1. The molecule has 2 fully saturated rings. The Bertz CT molecular complexity index is 959. The molecule has 0 saturated heterocycles. The predicted octanol–water partition coefficient (Wildman–Crippen LogP) is 3.19. The van der Waals surface area contributed by atoms with Gasteiger partial charge < -0.3 is 25.6 Å². The number of hydrogen-bond donors (Lipinski definition) is 3. The van der Waals surface area contributed by atoms with E-state index in [4.69, 9.17) is 4.74 Å². The normalized spacial score (nSPS) is 29.3. The quantitative estimate of drug-likeness (QED) is 0.562. The third-order valence-corrected chi connectivity index (χ3v) is 8.44. The van der Waals surface area contributed by atoms with Crippen LogP contribution < -0.4 is 20.7 Å². The third kappa shape index (κ3) is 7.71. The van der Waals surface area contributed by atoms with Gasteiger partial charge in [0.25, 0.3) is 0 Å². The van der Waals surface area contributed by atoms with Crippen molar-refractivity contribution < 1.29 is 19.1 Å². The number of carbonyl (C=O) groups excluding carboxylic acids is 3. The Kier molecular flexibility index (Phi) is 10.1. The first-order valence-corrected chi connectivity index (χ1v) is 14.7. The molecule has 1 heterocycles. The number of ether oxygens (including phenoxy) is 1. The summed E-state index contributed by atoms with van der Waals surface area (Å²) in [5, 5.41) is 9.52. The van der Waals surface area contributed by atoms with Gasteiger partial charge in [-0.1, -0.05) is 50.3 Å². The van der Waals surface area contributed by atoms with Crippen molar-refractivity contribution in [3.05, 3.63) is 29.8 Å². The van der Waals surface area contributed by atoms with E-state index in [0.29, 0.717) is 25.4 Å². The molecule has 1 aromatic carbocycles. The third-order valence-electron chi connectivity index (χ3n) is 8.44. The lowest BCUT2D eigenvalue weighted by atomic mass is 9.84. The van der Waals surface area contributed by atoms with Gasteiger partial charge in [-0.05, 0) is 69.4 Å². The summed E-state index contributed by atoms with van der Waals surface area (Å²) in [5.74, 6) is 1.05. The summed E-state index contributed by atoms with van der Waals surface area (Å²) >= 11 is 0. The number of aryl methyl sites for hydroxylation is 1. The Balaban J connectivity index is 1.53. The van der Waals surface area contributed by atoms with E-state index < -0.39 is 12.1 Å². The van der Waals surface area contributed by atoms with Crippen LogP contribution in [0.1, 0.15) is 77.2 Å². The molecule has 0 bridgehead atoms. The lowest BCUT2D eigenvalue weighted by Crippen LogP contribution is -2.57. The monoisotopic (exact) mass is 526 g/mol. The summed E-state index contributed by atoms with van der Waals surface area (Å²) < 4.78 is 6.27. The van der Waals surface area contributed by atoms with Crippen molar-refractivity contribution in [3.63, 3.8) is 0 Å². The Morgan fingerprint density at radius 3 is 2.42 bits per heavy atom. The van der Waals surface area contributed by atoms with E-state index in [0.717, 1.165) is 49.8 Å². The van der Waals surface area contributed by atoms with Crippen LogP contribution >= 0.6 is 0 Å². The number of amides is 3. The molecule has 8 nitrogen and oxygen atoms in total. The summed E-state index contributed by atoms with van der Waals surface area (Å²) in [4.78, 5) is 41.6. The Labute approximate surface area is 227 Å². The van der Waals surface area contributed by atoms with Gasteiger partial charge in [0.2, 0.25) is 17.7 Å². The van der Waals surface area contributed by atoms with Crippen molar-refractivity contribution in [2.24, 2.45) is 11.8 Å². The smallest absolute Gasteiger partial charge is 0.243 e. The predicted molar refractivity (Wildman–Crippen MR) is 148 cm³/mol. The van der Waals surface area contributed by atoms with Crippen LogP contribution in [0.4, 0.5) is 0 Å². The molecule has 2 aliphatic carbocycles. The highest BCUT2D eigenvalue weighted by Crippen LogP contribution is 2.34. The van der Waals surface area contributed by atoms with Crippen molar-refractivity contribution in [2.75, 3.05) is 20.1 Å². The highest BCUT2D eigenvalue weighted by Gasteiger charge is 2.39. The van der Waals surface area contributed by atoms with Gasteiger partial charge in [-0.25, -0.2) is 0 Å². The Hall–Kier alpha value is -2.61. The zero-order chi connectivity index (χ0) is 27.1. The first kappa shape index (κ1) is 28.4. The fraction of sp³-hybridized carbons (Fsp3) is 0.700. The molecule has 2 saturated carbocycles. The maximum Gasteiger partial charge on any atom is 0.243 e. The van der Waals surface area contributed by atoms with Gasteiger partial charge in [-0.3, -0.25) is 14.4 Å². The van der Waals surface area contributed by atoms with Crippen molar-refractivity contribution in [2.45, 2.75) is 102 Å². The van der Waals surface area contributed by atoms with E-state index in [1.807, 2.05) is 25.1 Å². The molecular weight excluding hydrogens is 480 g/mol. The summed E-state index contributed by atoms with van der Waals surface area (Å²) in [6.07, 6.45) is 9.85. The minimum absolute atomic E-state index is 0.0860. The van der Waals surface area contributed by atoms with Crippen LogP contribution in [0.25, 0.3) is 0 Å². The first-order chi connectivity index (χ1) is 18.3. The molecule has 3 N–H and O–H groups in total. The van der Waals surface area contributed by atoms with Gasteiger partial charge in [-0.2, -0.15) is 0 Å². The van der Waals surface area contributed by atoms with Crippen LogP contribution in [-0.2, 0) is 20.8 Å². The van der Waals surface area contributed by atoms with Gasteiger partial charge in [0.15, 0.2) is 0 Å². The molecule has 4 atom stereocenters. The van der Waals surface area contributed by atoms with Crippen LogP contribution in [0.5, 0.6) is 5.75 Å². The second kappa shape index (κ2) is 13.5. The SMILES string of the molecule is C[C@@H]1CN[C@@H](C2CC2)C(=O)N(C)[C@H](C)C(=O)N[C@H](CC2CCCCC2)C(=O)NCCCc2ccccc2O1. The van der Waals surface area contributed by atoms with E-state index in [-0.39, 0.29) is 35.8 Å². The number of para-hydroxylation sites is 1. The molecule has 0 unspecified atom stereocenters. The number of hydrogen-bond acceptors (Lipinski definition) is 5. The second-order valence-corrected chi connectivity index (χ2v) is 11.6. The standard InChI is InChI=1S/C30H46N4O4/c1-20-19-32-27(24-15-16-24)30(37)34(3)21(2)28(35)33-25(18-22-10-5-4-6-11-22)29(36)31-17-9-13-23-12-7-8-14-26(23)38-20/h7-8,12,14,20-22,24-25,27,32H,4-6,9-11,13,15-19H2,1-3H3,(H,31,36)(H,33,35)/t20-,21-,25-,27+/m1/s1. The average Bonchev–Trinajstić information content (AvgIpc) is 3.76. The zero-order valence-electron chi connectivity index (χ0n) is 23.3. The Morgan fingerprint density at radius 2 is 1.68 bits per heavy atom. The molecule has 0 aromatic heterocycles. The van der Waals surface area contributed by atoms with E-state index in [1.54, 1.807) is 14.0 Å².